The van der Waals surface area contributed by atoms with Gasteiger partial charge in [-0.2, -0.15) is 0 Å². The molecule has 0 saturated carbocycles. The second-order valence-electron chi connectivity index (χ2n) is 3.70. The minimum Gasteiger partial charge on any atom is -0.504 e. The lowest BCUT2D eigenvalue weighted by atomic mass is 10.1. The number of phenols is 1. The van der Waals surface area contributed by atoms with Gasteiger partial charge >= 0.3 is 0 Å². The van der Waals surface area contributed by atoms with Crippen LogP contribution in [-0.2, 0) is 0 Å². The van der Waals surface area contributed by atoms with Crippen molar-refractivity contribution in [3.8, 4) is 11.5 Å². The van der Waals surface area contributed by atoms with Gasteiger partial charge in [0.25, 0.3) is 5.91 Å². The average molecular weight is 238 g/mol. The van der Waals surface area contributed by atoms with Crippen LogP contribution in [0.4, 0.5) is 0 Å². The van der Waals surface area contributed by atoms with E-state index in [2.05, 4.69) is 5.32 Å². The van der Waals surface area contributed by atoms with Crippen LogP contribution in [0.2, 0.25) is 0 Å². The van der Waals surface area contributed by atoms with Gasteiger partial charge in [-0.1, -0.05) is 6.92 Å². The van der Waals surface area contributed by atoms with Gasteiger partial charge in [0.2, 0.25) is 0 Å². The molecule has 0 aromatic heterocycles. The van der Waals surface area contributed by atoms with Crippen molar-refractivity contribution in [3.63, 3.8) is 0 Å². The third-order valence-electron chi connectivity index (χ3n) is 2.55. The number of carbonyl (C=O) groups excluding carboxylic acids is 1. The van der Waals surface area contributed by atoms with Gasteiger partial charge in [0.15, 0.2) is 11.5 Å². The third-order valence-corrected chi connectivity index (χ3v) is 2.55. The second-order valence-corrected chi connectivity index (χ2v) is 3.70. The zero-order chi connectivity index (χ0) is 12.8. The molecule has 1 atom stereocenters. The zero-order valence-corrected chi connectivity index (χ0v) is 10.1. The topological polar surface area (TPSA) is 84.6 Å². The number of carbonyl (C=O) groups is 1. The highest BCUT2D eigenvalue weighted by molar-refractivity contribution is 5.95. The molecule has 4 N–H and O–H groups in total. The molecule has 0 aliphatic rings. The Labute approximate surface area is 101 Å². The van der Waals surface area contributed by atoms with Gasteiger partial charge in [-0.05, 0) is 24.6 Å². The van der Waals surface area contributed by atoms with Crippen LogP contribution >= 0.6 is 0 Å². The van der Waals surface area contributed by atoms with Crippen LogP contribution < -0.4 is 15.8 Å². The van der Waals surface area contributed by atoms with Gasteiger partial charge in [-0.25, -0.2) is 0 Å². The molecule has 1 aromatic rings. The summed E-state index contributed by atoms with van der Waals surface area (Å²) in [5.74, 6) is 0.0358. The van der Waals surface area contributed by atoms with Gasteiger partial charge in [-0.15, -0.1) is 0 Å². The molecule has 0 saturated heterocycles. The van der Waals surface area contributed by atoms with Gasteiger partial charge < -0.3 is 20.9 Å². The van der Waals surface area contributed by atoms with Crippen molar-refractivity contribution in [2.24, 2.45) is 5.73 Å². The number of nitrogens with one attached hydrogen (secondary N) is 1. The molecule has 0 heterocycles. The summed E-state index contributed by atoms with van der Waals surface area (Å²) >= 11 is 0. The summed E-state index contributed by atoms with van der Waals surface area (Å²) in [5, 5.41) is 12.3. The van der Waals surface area contributed by atoms with Crippen molar-refractivity contribution in [2.45, 2.75) is 19.4 Å². The Hall–Kier alpha value is -1.75. The summed E-state index contributed by atoms with van der Waals surface area (Å²) in [6.07, 6.45) is 0.768. The number of amides is 1. The van der Waals surface area contributed by atoms with Gasteiger partial charge in [0.05, 0.1) is 7.11 Å². The molecular formula is C12H18N2O3. The van der Waals surface area contributed by atoms with Crippen molar-refractivity contribution < 1.29 is 14.6 Å². The van der Waals surface area contributed by atoms with E-state index in [0.717, 1.165) is 6.42 Å². The van der Waals surface area contributed by atoms with Gasteiger partial charge in [0.1, 0.15) is 0 Å². The number of aromatic hydroxyl groups is 1. The van der Waals surface area contributed by atoms with E-state index in [4.69, 9.17) is 10.5 Å². The minimum atomic E-state index is -0.250. The highest BCUT2D eigenvalue weighted by Crippen LogP contribution is 2.26. The van der Waals surface area contributed by atoms with E-state index in [0.29, 0.717) is 17.9 Å². The predicted octanol–water partition coefficient (Wildman–Crippen LogP) is 0.868. The number of hydrogen-bond acceptors (Lipinski definition) is 4. The van der Waals surface area contributed by atoms with E-state index in [1.165, 1.54) is 13.2 Å². The first-order chi connectivity index (χ1) is 8.12. The largest absolute Gasteiger partial charge is 0.504 e. The predicted molar refractivity (Wildman–Crippen MR) is 65.3 cm³/mol. The zero-order valence-electron chi connectivity index (χ0n) is 10.1. The lowest BCUT2D eigenvalue weighted by Crippen LogP contribution is -2.39. The van der Waals surface area contributed by atoms with Crippen LogP contribution in [0.25, 0.3) is 0 Å². The molecule has 1 rings (SSSR count). The van der Waals surface area contributed by atoms with Gasteiger partial charge in [0, 0.05) is 18.2 Å². The maximum atomic E-state index is 11.8. The Kier molecular flexibility index (Phi) is 4.78. The Bertz CT molecular complexity index is 389. The molecule has 0 fully saturated rings. The maximum absolute atomic E-state index is 11.8. The van der Waals surface area contributed by atoms with E-state index < -0.39 is 0 Å². The Morgan fingerprint density at radius 1 is 1.59 bits per heavy atom. The number of methoxy groups -OCH3 is 1. The first kappa shape index (κ1) is 13.3. The smallest absolute Gasteiger partial charge is 0.251 e. The van der Waals surface area contributed by atoms with Crippen LogP contribution in [0.3, 0.4) is 0 Å². The molecule has 17 heavy (non-hydrogen) atoms. The standard InChI is InChI=1S/C12H18N2O3/c1-3-9(7-13)14-12(16)8-4-5-11(17-2)10(15)6-8/h4-6,9,15H,3,7,13H2,1-2H3,(H,14,16). The highest BCUT2D eigenvalue weighted by Gasteiger charge is 2.12. The summed E-state index contributed by atoms with van der Waals surface area (Å²) in [6, 6.07) is 4.47. The minimum absolute atomic E-state index is 0.0493. The second kappa shape index (κ2) is 6.10. The van der Waals surface area contributed by atoms with Crippen LogP contribution in [0, 0.1) is 0 Å². The summed E-state index contributed by atoms with van der Waals surface area (Å²) in [7, 11) is 1.45. The molecule has 0 radical (unpaired) electrons. The molecule has 94 valence electrons. The van der Waals surface area contributed by atoms with E-state index in [1.54, 1.807) is 12.1 Å². The Morgan fingerprint density at radius 2 is 2.29 bits per heavy atom. The summed E-state index contributed by atoms with van der Waals surface area (Å²) in [4.78, 5) is 11.8. The summed E-state index contributed by atoms with van der Waals surface area (Å²) < 4.78 is 4.90. The fourth-order valence-corrected chi connectivity index (χ4v) is 1.43. The molecule has 1 aromatic carbocycles. The molecule has 5 nitrogen and oxygen atoms in total. The van der Waals surface area contributed by atoms with Crippen molar-refractivity contribution >= 4 is 5.91 Å². The van der Waals surface area contributed by atoms with E-state index in [-0.39, 0.29) is 17.7 Å². The van der Waals surface area contributed by atoms with Crippen LogP contribution in [0.5, 0.6) is 11.5 Å². The maximum Gasteiger partial charge on any atom is 0.251 e. The average Bonchev–Trinajstić information content (AvgIpc) is 2.35. The number of ether oxygens (including phenoxy) is 1. The van der Waals surface area contributed by atoms with Crippen LogP contribution in [-0.4, -0.2) is 30.7 Å². The number of benzene rings is 1. The molecule has 0 aliphatic carbocycles. The van der Waals surface area contributed by atoms with Crippen LogP contribution in [0.15, 0.2) is 18.2 Å². The van der Waals surface area contributed by atoms with Crippen LogP contribution in [0.1, 0.15) is 23.7 Å². The molecule has 0 aliphatic heterocycles. The van der Waals surface area contributed by atoms with E-state index >= 15 is 0 Å². The molecular weight excluding hydrogens is 220 g/mol. The number of rotatable bonds is 5. The molecule has 5 heteroatoms. The fourth-order valence-electron chi connectivity index (χ4n) is 1.43. The normalized spacial score (nSPS) is 11.9. The lowest BCUT2D eigenvalue weighted by Gasteiger charge is -2.14. The first-order valence-electron chi connectivity index (χ1n) is 5.50. The molecule has 1 unspecified atom stereocenters. The quantitative estimate of drug-likeness (QED) is 0.710. The SMILES string of the molecule is CCC(CN)NC(=O)c1ccc(OC)c(O)c1. The molecule has 0 bridgehead atoms. The fraction of sp³-hybridized carbons (Fsp3) is 0.417. The summed E-state index contributed by atoms with van der Waals surface area (Å²) in [6.45, 7) is 2.34. The Balaban J connectivity index is 2.79. The van der Waals surface area contributed by atoms with Crippen molar-refractivity contribution in [1.82, 2.24) is 5.32 Å². The molecule has 1 amide bonds. The Morgan fingerprint density at radius 3 is 2.76 bits per heavy atom. The third kappa shape index (κ3) is 3.35. The number of hydrogen-bond donors (Lipinski definition) is 3. The van der Waals surface area contributed by atoms with E-state index in [1.807, 2.05) is 6.92 Å². The van der Waals surface area contributed by atoms with Crippen molar-refractivity contribution in [3.05, 3.63) is 23.8 Å². The first-order valence-corrected chi connectivity index (χ1v) is 5.50. The van der Waals surface area contributed by atoms with Crippen molar-refractivity contribution in [1.29, 1.82) is 0 Å². The number of nitrogens with two attached hydrogens (primary N) is 1. The van der Waals surface area contributed by atoms with Gasteiger partial charge in [-0.3, -0.25) is 4.79 Å². The van der Waals surface area contributed by atoms with E-state index in [9.17, 15) is 9.90 Å². The number of phenolic OH excluding ortho intramolecular Hbond substituents is 1. The monoisotopic (exact) mass is 238 g/mol. The molecule has 0 spiro atoms. The summed E-state index contributed by atoms with van der Waals surface area (Å²) in [5.41, 5.74) is 5.89. The van der Waals surface area contributed by atoms with Crippen molar-refractivity contribution in [2.75, 3.05) is 13.7 Å². The lowest BCUT2D eigenvalue weighted by molar-refractivity contribution is 0.0936. The highest BCUT2D eigenvalue weighted by atomic mass is 16.5.